The molecule has 21 heavy (non-hydrogen) atoms. The molecule has 1 aromatic carbocycles. The first-order valence-electron chi connectivity index (χ1n) is 7.56. The summed E-state index contributed by atoms with van der Waals surface area (Å²) in [6.45, 7) is 2.69. The lowest BCUT2D eigenvalue weighted by molar-refractivity contribution is 0.119. The maximum absolute atomic E-state index is 5.91. The van der Waals surface area contributed by atoms with Gasteiger partial charge in [0.1, 0.15) is 5.82 Å². The van der Waals surface area contributed by atoms with E-state index in [0.29, 0.717) is 5.88 Å². The van der Waals surface area contributed by atoms with Gasteiger partial charge in [0.15, 0.2) is 0 Å². The Balaban J connectivity index is 1.67. The summed E-state index contributed by atoms with van der Waals surface area (Å²) < 4.78 is 9.09. The second-order valence-electron chi connectivity index (χ2n) is 5.62. The number of ether oxygens (including phenoxy) is 1. The van der Waals surface area contributed by atoms with Crippen LogP contribution in [0.5, 0.6) is 0 Å². The normalized spacial score (nSPS) is 15.0. The third-order valence-electron chi connectivity index (χ3n) is 3.83. The molecule has 1 saturated carbocycles. The molecule has 0 atom stereocenters. The summed E-state index contributed by atoms with van der Waals surface area (Å²) in [7, 11) is 0. The molecular formula is C16H20BrClN2O. The van der Waals surface area contributed by atoms with Crippen LogP contribution in [0.15, 0.2) is 22.7 Å². The number of rotatable bonds is 8. The van der Waals surface area contributed by atoms with Crippen molar-refractivity contribution in [2.75, 3.05) is 19.1 Å². The van der Waals surface area contributed by atoms with Gasteiger partial charge >= 0.3 is 0 Å². The molecule has 0 bridgehead atoms. The van der Waals surface area contributed by atoms with Crippen molar-refractivity contribution in [2.24, 2.45) is 5.92 Å². The largest absolute Gasteiger partial charge is 0.381 e. The van der Waals surface area contributed by atoms with Crippen molar-refractivity contribution in [1.82, 2.24) is 9.55 Å². The van der Waals surface area contributed by atoms with Crippen molar-refractivity contribution < 1.29 is 4.74 Å². The van der Waals surface area contributed by atoms with E-state index in [1.807, 2.05) is 6.07 Å². The first-order chi connectivity index (χ1) is 10.3. The molecule has 0 radical (unpaired) electrons. The Kier molecular flexibility index (Phi) is 5.19. The predicted molar refractivity (Wildman–Crippen MR) is 90.0 cm³/mol. The summed E-state index contributed by atoms with van der Waals surface area (Å²) in [6, 6.07) is 6.21. The van der Waals surface area contributed by atoms with Crippen LogP contribution in [0.1, 0.15) is 25.1 Å². The van der Waals surface area contributed by atoms with Gasteiger partial charge in [0.25, 0.3) is 0 Å². The Morgan fingerprint density at radius 3 is 3.00 bits per heavy atom. The highest BCUT2D eigenvalue weighted by Gasteiger charge is 2.20. The average Bonchev–Trinajstić information content (AvgIpc) is 3.23. The lowest BCUT2D eigenvalue weighted by atomic mass is 10.3. The van der Waals surface area contributed by atoms with Gasteiger partial charge in [-0.1, -0.05) is 15.9 Å². The van der Waals surface area contributed by atoms with Crippen LogP contribution in [0.3, 0.4) is 0 Å². The van der Waals surface area contributed by atoms with E-state index in [-0.39, 0.29) is 0 Å². The van der Waals surface area contributed by atoms with Crippen molar-refractivity contribution in [3.05, 3.63) is 28.5 Å². The number of benzene rings is 1. The van der Waals surface area contributed by atoms with Crippen LogP contribution in [-0.4, -0.2) is 28.6 Å². The highest BCUT2D eigenvalue weighted by atomic mass is 79.9. The van der Waals surface area contributed by atoms with Crippen LogP contribution in [0, 0.1) is 5.92 Å². The van der Waals surface area contributed by atoms with Crippen LogP contribution in [0.2, 0.25) is 0 Å². The number of aryl methyl sites for hydroxylation is 2. The molecule has 0 amide bonds. The van der Waals surface area contributed by atoms with Gasteiger partial charge in [-0.05, 0) is 43.4 Å². The summed E-state index contributed by atoms with van der Waals surface area (Å²) in [5.74, 6) is 2.50. The van der Waals surface area contributed by atoms with Crippen molar-refractivity contribution in [3.8, 4) is 0 Å². The van der Waals surface area contributed by atoms with Crippen molar-refractivity contribution >= 4 is 38.6 Å². The standard InChI is InChI=1S/C16H20BrClN2O/c17-13-4-5-14-15(10-13)20(16(19-14)6-7-18)8-1-9-21-11-12-2-3-12/h4-5,10,12H,1-3,6-9,11H2. The molecule has 3 nitrogen and oxygen atoms in total. The van der Waals surface area contributed by atoms with Gasteiger partial charge < -0.3 is 9.30 Å². The van der Waals surface area contributed by atoms with Crippen molar-refractivity contribution in [1.29, 1.82) is 0 Å². The Bertz CT molecular complexity index is 610. The van der Waals surface area contributed by atoms with E-state index < -0.39 is 0 Å². The Hall–Kier alpha value is -0.580. The van der Waals surface area contributed by atoms with E-state index in [0.717, 1.165) is 54.3 Å². The van der Waals surface area contributed by atoms with E-state index in [9.17, 15) is 0 Å². The number of halogens is 2. The molecular weight excluding hydrogens is 352 g/mol. The van der Waals surface area contributed by atoms with Crippen LogP contribution in [0.4, 0.5) is 0 Å². The van der Waals surface area contributed by atoms with Crippen molar-refractivity contribution in [3.63, 3.8) is 0 Å². The summed E-state index contributed by atoms with van der Waals surface area (Å²) >= 11 is 9.44. The molecule has 1 fully saturated rings. The molecule has 0 saturated heterocycles. The van der Waals surface area contributed by atoms with E-state index >= 15 is 0 Å². The smallest absolute Gasteiger partial charge is 0.111 e. The number of aromatic nitrogens is 2. The number of hydrogen-bond acceptors (Lipinski definition) is 2. The molecule has 114 valence electrons. The number of nitrogens with zero attached hydrogens (tertiary/aromatic N) is 2. The third-order valence-corrected chi connectivity index (χ3v) is 4.51. The number of fused-ring (bicyclic) bond motifs is 1. The average molecular weight is 372 g/mol. The monoisotopic (exact) mass is 370 g/mol. The number of hydrogen-bond donors (Lipinski definition) is 0. The van der Waals surface area contributed by atoms with Gasteiger partial charge in [0, 0.05) is 36.5 Å². The molecule has 1 aromatic heterocycles. The van der Waals surface area contributed by atoms with Crippen LogP contribution in [0.25, 0.3) is 11.0 Å². The second-order valence-corrected chi connectivity index (χ2v) is 6.92. The summed E-state index contributed by atoms with van der Waals surface area (Å²) in [5, 5.41) is 0. The van der Waals surface area contributed by atoms with E-state index in [2.05, 4.69) is 32.6 Å². The number of imidazole rings is 1. The summed E-state index contributed by atoms with van der Waals surface area (Å²) in [4.78, 5) is 4.70. The minimum Gasteiger partial charge on any atom is -0.381 e. The highest BCUT2D eigenvalue weighted by Crippen LogP contribution is 2.28. The minimum atomic E-state index is 0.600. The summed E-state index contributed by atoms with van der Waals surface area (Å²) in [5.41, 5.74) is 2.21. The molecule has 1 aliphatic rings. The van der Waals surface area contributed by atoms with E-state index in [1.165, 1.54) is 18.4 Å². The minimum absolute atomic E-state index is 0.600. The topological polar surface area (TPSA) is 27.1 Å². The van der Waals surface area contributed by atoms with Gasteiger partial charge in [0.05, 0.1) is 11.0 Å². The van der Waals surface area contributed by atoms with Crippen LogP contribution >= 0.6 is 27.5 Å². The maximum Gasteiger partial charge on any atom is 0.111 e. The van der Waals surface area contributed by atoms with Gasteiger partial charge in [-0.2, -0.15) is 0 Å². The highest BCUT2D eigenvalue weighted by molar-refractivity contribution is 9.10. The Labute approximate surface area is 138 Å². The molecule has 1 heterocycles. The summed E-state index contributed by atoms with van der Waals surface area (Å²) in [6.07, 6.45) is 4.51. The second kappa shape index (κ2) is 7.12. The zero-order chi connectivity index (χ0) is 14.7. The molecule has 3 rings (SSSR count). The lowest BCUT2D eigenvalue weighted by Crippen LogP contribution is -2.08. The van der Waals surface area contributed by atoms with Crippen LogP contribution < -0.4 is 0 Å². The zero-order valence-electron chi connectivity index (χ0n) is 12.0. The Morgan fingerprint density at radius 2 is 2.24 bits per heavy atom. The van der Waals surface area contributed by atoms with Gasteiger partial charge in [-0.15, -0.1) is 11.6 Å². The quantitative estimate of drug-likeness (QED) is 0.508. The lowest BCUT2D eigenvalue weighted by Gasteiger charge is -2.09. The molecule has 1 aliphatic carbocycles. The molecule has 0 aliphatic heterocycles. The fraction of sp³-hybridized carbons (Fsp3) is 0.562. The fourth-order valence-electron chi connectivity index (χ4n) is 2.53. The van der Waals surface area contributed by atoms with Crippen LogP contribution in [-0.2, 0) is 17.7 Å². The molecule has 0 unspecified atom stereocenters. The molecule has 2 aromatic rings. The third kappa shape index (κ3) is 3.99. The molecule has 5 heteroatoms. The first kappa shape index (κ1) is 15.3. The maximum atomic E-state index is 5.91. The van der Waals surface area contributed by atoms with E-state index in [4.69, 9.17) is 21.3 Å². The predicted octanol–water partition coefficient (Wildman–Crippen LogP) is 4.40. The van der Waals surface area contributed by atoms with Crippen molar-refractivity contribution in [2.45, 2.75) is 32.2 Å². The van der Waals surface area contributed by atoms with Gasteiger partial charge in [-0.25, -0.2) is 4.98 Å². The Morgan fingerprint density at radius 1 is 1.38 bits per heavy atom. The number of alkyl halides is 1. The molecule has 0 spiro atoms. The van der Waals surface area contributed by atoms with Gasteiger partial charge in [0.2, 0.25) is 0 Å². The molecule has 0 N–H and O–H groups in total. The first-order valence-corrected chi connectivity index (χ1v) is 8.89. The van der Waals surface area contributed by atoms with Gasteiger partial charge in [-0.3, -0.25) is 0 Å². The zero-order valence-corrected chi connectivity index (χ0v) is 14.4. The fourth-order valence-corrected chi connectivity index (χ4v) is 3.05. The SMILES string of the molecule is ClCCc1nc2ccc(Br)cc2n1CCCOCC1CC1. The van der Waals surface area contributed by atoms with E-state index in [1.54, 1.807) is 0 Å².